The van der Waals surface area contributed by atoms with E-state index >= 15 is 0 Å². The molecule has 1 saturated carbocycles. The van der Waals surface area contributed by atoms with Crippen LogP contribution in [0.3, 0.4) is 0 Å². The van der Waals surface area contributed by atoms with Crippen molar-refractivity contribution in [3.63, 3.8) is 0 Å². The molecular weight excluding hydrogens is 258 g/mol. The number of nitrogens with one attached hydrogen (secondary N) is 1. The first kappa shape index (κ1) is 14.3. The maximum absolute atomic E-state index is 5.39. The summed E-state index contributed by atoms with van der Waals surface area (Å²) in [5.74, 6) is 0. The molecule has 0 aromatic heterocycles. The van der Waals surface area contributed by atoms with E-state index in [4.69, 9.17) is 4.74 Å². The smallest absolute Gasteiger partial charge is 0.0601 e. The van der Waals surface area contributed by atoms with Crippen molar-refractivity contribution >= 4 is 0 Å². The molecule has 0 saturated heterocycles. The van der Waals surface area contributed by atoms with Crippen LogP contribution in [0.5, 0.6) is 0 Å². The van der Waals surface area contributed by atoms with Crippen LogP contribution in [-0.4, -0.2) is 19.3 Å². The molecule has 110 valence electrons. The molecule has 3 rings (SSSR count). The van der Waals surface area contributed by atoms with Crippen molar-refractivity contribution in [3.8, 4) is 0 Å². The molecule has 1 unspecified atom stereocenters. The molecule has 2 nitrogen and oxygen atoms in total. The van der Waals surface area contributed by atoms with Gasteiger partial charge in [0, 0.05) is 13.2 Å². The van der Waals surface area contributed by atoms with Crippen LogP contribution in [-0.2, 0) is 4.74 Å². The molecule has 0 radical (unpaired) electrons. The van der Waals surface area contributed by atoms with Crippen molar-refractivity contribution < 1.29 is 4.74 Å². The number of ether oxygens (including phenoxy) is 1. The predicted molar refractivity (Wildman–Crippen MR) is 86.4 cm³/mol. The van der Waals surface area contributed by atoms with Gasteiger partial charge >= 0.3 is 0 Å². The molecule has 21 heavy (non-hydrogen) atoms. The Labute approximate surface area is 127 Å². The fraction of sp³-hybridized carbons (Fsp3) is 0.368. The average molecular weight is 281 g/mol. The lowest BCUT2D eigenvalue weighted by Crippen LogP contribution is -2.46. The third-order valence-corrected chi connectivity index (χ3v) is 4.46. The molecular formula is C19H23NO. The van der Waals surface area contributed by atoms with E-state index < -0.39 is 0 Å². The lowest BCUT2D eigenvalue weighted by Gasteiger charge is -2.38. The number of hydrogen-bond donors (Lipinski definition) is 1. The van der Waals surface area contributed by atoms with Gasteiger partial charge < -0.3 is 10.1 Å². The molecule has 2 aromatic carbocycles. The maximum atomic E-state index is 5.39. The SMILES string of the molecule is COC1CC(NC(c2ccccc2)c2ccccc2C)C1. The molecule has 1 atom stereocenters. The lowest BCUT2D eigenvalue weighted by atomic mass is 9.86. The molecule has 2 heteroatoms. The summed E-state index contributed by atoms with van der Waals surface area (Å²) in [6, 6.07) is 20.1. The van der Waals surface area contributed by atoms with E-state index in [-0.39, 0.29) is 6.04 Å². The number of hydrogen-bond acceptors (Lipinski definition) is 2. The molecule has 1 aliphatic rings. The average Bonchev–Trinajstić information content (AvgIpc) is 2.48. The van der Waals surface area contributed by atoms with E-state index in [1.54, 1.807) is 7.11 Å². The minimum atomic E-state index is 0.259. The van der Waals surface area contributed by atoms with Crippen molar-refractivity contribution in [1.29, 1.82) is 0 Å². The highest BCUT2D eigenvalue weighted by molar-refractivity contribution is 5.37. The summed E-state index contributed by atoms with van der Waals surface area (Å²) < 4.78 is 5.39. The van der Waals surface area contributed by atoms with Gasteiger partial charge in [0.1, 0.15) is 0 Å². The lowest BCUT2D eigenvalue weighted by molar-refractivity contribution is 0.0153. The monoisotopic (exact) mass is 281 g/mol. The molecule has 0 heterocycles. The van der Waals surface area contributed by atoms with Crippen molar-refractivity contribution in [2.75, 3.05) is 7.11 Å². The Hall–Kier alpha value is -1.64. The van der Waals surface area contributed by atoms with Gasteiger partial charge in [-0.3, -0.25) is 0 Å². The van der Waals surface area contributed by atoms with E-state index in [9.17, 15) is 0 Å². The first-order valence-electron chi connectivity index (χ1n) is 7.67. The van der Waals surface area contributed by atoms with Gasteiger partial charge in [0.2, 0.25) is 0 Å². The Kier molecular flexibility index (Phi) is 4.37. The van der Waals surface area contributed by atoms with Gasteiger partial charge in [0.15, 0.2) is 0 Å². The minimum absolute atomic E-state index is 0.259. The fourth-order valence-corrected chi connectivity index (χ4v) is 3.05. The van der Waals surface area contributed by atoms with Crippen LogP contribution in [0.1, 0.15) is 35.6 Å². The van der Waals surface area contributed by atoms with Gasteiger partial charge in [0.05, 0.1) is 12.1 Å². The van der Waals surface area contributed by atoms with Crippen molar-refractivity contribution in [2.24, 2.45) is 0 Å². The number of aryl methyl sites for hydroxylation is 1. The molecule has 0 bridgehead atoms. The Morgan fingerprint density at radius 1 is 1.00 bits per heavy atom. The first-order chi connectivity index (χ1) is 10.3. The van der Waals surface area contributed by atoms with Gasteiger partial charge in [-0.2, -0.15) is 0 Å². The standard InChI is InChI=1S/C19H23NO/c1-14-8-6-7-11-18(14)19(15-9-4-3-5-10-15)20-16-12-17(13-16)21-2/h3-11,16-17,19-20H,12-13H2,1-2H3. The maximum Gasteiger partial charge on any atom is 0.0601 e. The summed E-state index contributed by atoms with van der Waals surface area (Å²) in [5.41, 5.74) is 4.03. The second-order valence-electron chi connectivity index (χ2n) is 5.89. The Morgan fingerprint density at radius 3 is 2.33 bits per heavy atom. The zero-order valence-electron chi connectivity index (χ0n) is 12.8. The molecule has 0 spiro atoms. The highest BCUT2D eigenvalue weighted by Gasteiger charge is 2.31. The zero-order chi connectivity index (χ0) is 14.7. The third kappa shape index (κ3) is 3.17. The van der Waals surface area contributed by atoms with Crippen LogP contribution in [0.4, 0.5) is 0 Å². The quantitative estimate of drug-likeness (QED) is 0.898. The summed E-state index contributed by atoms with van der Waals surface area (Å²) in [6.07, 6.45) is 2.63. The second kappa shape index (κ2) is 6.42. The third-order valence-electron chi connectivity index (χ3n) is 4.46. The van der Waals surface area contributed by atoms with Crippen molar-refractivity contribution in [1.82, 2.24) is 5.32 Å². The van der Waals surface area contributed by atoms with Crippen molar-refractivity contribution in [2.45, 2.75) is 38.0 Å². The van der Waals surface area contributed by atoms with Gasteiger partial charge in [0.25, 0.3) is 0 Å². The molecule has 0 amide bonds. The summed E-state index contributed by atoms with van der Waals surface area (Å²) >= 11 is 0. The van der Waals surface area contributed by atoms with E-state index in [2.05, 4.69) is 66.8 Å². The Bertz CT molecular complexity index is 575. The second-order valence-corrected chi connectivity index (χ2v) is 5.89. The molecule has 1 aliphatic carbocycles. The van der Waals surface area contributed by atoms with Gasteiger partial charge in [-0.1, -0.05) is 54.6 Å². The van der Waals surface area contributed by atoms with Crippen LogP contribution in [0.15, 0.2) is 54.6 Å². The fourth-order valence-electron chi connectivity index (χ4n) is 3.05. The van der Waals surface area contributed by atoms with Gasteiger partial charge in [-0.15, -0.1) is 0 Å². The molecule has 1 N–H and O–H groups in total. The number of methoxy groups -OCH3 is 1. The van der Waals surface area contributed by atoms with Crippen LogP contribution in [0.25, 0.3) is 0 Å². The minimum Gasteiger partial charge on any atom is -0.381 e. The van der Waals surface area contributed by atoms with Crippen LogP contribution < -0.4 is 5.32 Å². The molecule has 0 aliphatic heterocycles. The van der Waals surface area contributed by atoms with E-state index in [1.807, 2.05) is 0 Å². The topological polar surface area (TPSA) is 21.3 Å². The van der Waals surface area contributed by atoms with E-state index in [0.29, 0.717) is 12.1 Å². The number of benzene rings is 2. The molecule has 1 fully saturated rings. The van der Waals surface area contributed by atoms with Crippen LogP contribution in [0.2, 0.25) is 0 Å². The normalized spacial score (nSPS) is 22.6. The number of rotatable bonds is 5. The largest absolute Gasteiger partial charge is 0.381 e. The van der Waals surface area contributed by atoms with Gasteiger partial charge in [-0.25, -0.2) is 0 Å². The molecule has 2 aromatic rings. The predicted octanol–water partition coefficient (Wildman–Crippen LogP) is 3.85. The first-order valence-corrected chi connectivity index (χ1v) is 7.67. The van der Waals surface area contributed by atoms with Crippen LogP contribution in [0, 0.1) is 6.92 Å². The highest BCUT2D eigenvalue weighted by Crippen LogP contribution is 2.30. The van der Waals surface area contributed by atoms with E-state index in [1.165, 1.54) is 16.7 Å². The summed E-state index contributed by atoms with van der Waals surface area (Å²) in [6.45, 7) is 2.19. The highest BCUT2D eigenvalue weighted by atomic mass is 16.5. The Morgan fingerprint density at radius 2 is 1.67 bits per heavy atom. The summed E-state index contributed by atoms with van der Waals surface area (Å²) in [4.78, 5) is 0. The Balaban J connectivity index is 1.84. The zero-order valence-corrected chi connectivity index (χ0v) is 12.8. The van der Waals surface area contributed by atoms with Gasteiger partial charge in [-0.05, 0) is 36.5 Å². The van der Waals surface area contributed by atoms with E-state index in [0.717, 1.165) is 12.8 Å². The van der Waals surface area contributed by atoms with Crippen LogP contribution >= 0.6 is 0 Å². The van der Waals surface area contributed by atoms with Crippen molar-refractivity contribution in [3.05, 3.63) is 71.3 Å². The summed E-state index contributed by atoms with van der Waals surface area (Å²) in [5, 5.41) is 3.81. The summed E-state index contributed by atoms with van der Waals surface area (Å²) in [7, 11) is 1.80.